The van der Waals surface area contributed by atoms with Gasteiger partial charge in [0, 0.05) is 30.5 Å². The monoisotopic (exact) mass is 406 g/mol. The van der Waals surface area contributed by atoms with Crippen LogP contribution in [-0.4, -0.2) is 49.7 Å². The summed E-state index contributed by atoms with van der Waals surface area (Å²) in [7, 11) is 3.15. The average molecular weight is 407 g/mol. The van der Waals surface area contributed by atoms with E-state index in [9.17, 15) is 4.79 Å². The maximum Gasteiger partial charge on any atom is 0.257 e. The van der Waals surface area contributed by atoms with Crippen molar-refractivity contribution in [3.63, 3.8) is 0 Å². The predicted molar refractivity (Wildman–Crippen MR) is 106 cm³/mol. The van der Waals surface area contributed by atoms with Crippen LogP contribution in [0.3, 0.4) is 0 Å². The standard InChI is InChI=1S/C20H26N2O5S/c1-4-26-27-12-15-13-28-19(21-15)14-7-9-22(10-8-14)20(23)17-6-5-16(24-2)11-18(17)25-3/h5-6,11,13-14H,4,7-10,12H2,1-3H3. The minimum absolute atomic E-state index is 0.0112. The zero-order chi connectivity index (χ0) is 19.9. The number of piperidine rings is 1. The molecule has 0 bridgehead atoms. The van der Waals surface area contributed by atoms with Gasteiger partial charge in [-0.05, 0) is 31.9 Å². The Morgan fingerprint density at radius 2 is 2.00 bits per heavy atom. The SMILES string of the molecule is CCOOCc1csc(C2CCN(C(=O)c3ccc(OC)cc3OC)CC2)n1. The number of hydrogen-bond acceptors (Lipinski definition) is 7. The molecule has 1 aromatic carbocycles. The van der Waals surface area contributed by atoms with E-state index < -0.39 is 0 Å². The van der Waals surface area contributed by atoms with Gasteiger partial charge in [-0.15, -0.1) is 11.3 Å². The Bertz CT molecular complexity index is 787. The van der Waals surface area contributed by atoms with Crippen molar-refractivity contribution < 1.29 is 24.0 Å². The first-order valence-electron chi connectivity index (χ1n) is 9.36. The molecule has 0 N–H and O–H groups in total. The predicted octanol–water partition coefficient (Wildman–Crippen LogP) is 3.65. The van der Waals surface area contributed by atoms with Crippen LogP contribution in [0.2, 0.25) is 0 Å². The maximum absolute atomic E-state index is 12.9. The fourth-order valence-corrected chi connectivity index (χ4v) is 4.21. The van der Waals surface area contributed by atoms with E-state index in [1.807, 2.05) is 17.2 Å². The highest BCUT2D eigenvalue weighted by molar-refractivity contribution is 7.09. The number of aromatic nitrogens is 1. The van der Waals surface area contributed by atoms with E-state index in [0.29, 0.717) is 49.3 Å². The van der Waals surface area contributed by atoms with E-state index in [2.05, 4.69) is 4.98 Å². The molecular weight excluding hydrogens is 380 g/mol. The Hall–Kier alpha value is -2.16. The number of carbonyl (C=O) groups is 1. The van der Waals surface area contributed by atoms with Gasteiger partial charge in [-0.1, -0.05) is 0 Å². The van der Waals surface area contributed by atoms with Gasteiger partial charge in [0.15, 0.2) is 0 Å². The third kappa shape index (κ3) is 4.81. The molecule has 8 heteroatoms. The van der Waals surface area contributed by atoms with Crippen molar-refractivity contribution in [1.82, 2.24) is 9.88 Å². The van der Waals surface area contributed by atoms with Crippen LogP contribution in [0.15, 0.2) is 23.6 Å². The molecule has 1 fully saturated rings. The first kappa shape index (κ1) is 20.6. The molecule has 152 valence electrons. The van der Waals surface area contributed by atoms with Crippen molar-refractivity contribution >= 4 is 17.2 Å². The topological polar surface area (TPSA) is 70.1 Å². The summed E-state index contributed by atoms with van der Waals surface area (Å²) in [6, 6.07) is 5.28. The first-order valence-corrected chi connectivity index (χ1v) is 10.2. The van der Waals surface area contributed by atoms with Crippen LogP contribution in [0.5, 0.6) is 11.5 Å². The van der Waals surface area contributed by atoms with Crippen LogP contribution in [-0.2, 0) is 16.4 Å². The lowest BCUT2D eigenvalue weighted by Gasteiger charge is -2.31. The van der Waals surface area contributed by atoms with E-state index in [1.54, 1.807) is 43.8 Å². The summed E-state index contributed by atoms with van der Waals surface area (Å²) < 4.78 is 10.6. The third-order valence-corrected chi connectivity index (χ3v) is 5.80. The van der Waals surface area contributed by atoms with Crippen molar-refractivity contribution in [1.29, 1.82) is 0 Å². The van der Waals surface area contributed by atoms with Crippen molar-refractivity contribution in [3.8, 4) is 11.5 Å². The molecule has 3 rings (SSSR count). The Kier molecular flexibility index (Phi) is 7.24. The zero-order valence-electron chi connectivity index (χ0n) is 16.5. The minimum atomic E-state index is -0.0112. The summed E-state index contributed by atoms with van der Waals surface area (Å²) in [6.45, 7) is 4.15. The third-order valence-electron chi connectivity index (χ3n) is 4.75. The molecule has 0 unspecified atom stereocenters. The molecule has 0 saturated carbocycles. The fourth-order valence-electron chi connectivity index (χ4n) is 3.24. The summed E-state index contributed by atoms with van der Waals surface area (Å²) in [4.78, 5) is 29.5. The number of amides is 1. The number of rotatable bonds is 8. The highest BCUT2D eigenvalue weighted by Crippen LogP contribution is 2.32. The molecule has 0 atom stereocenters. The fraction of sp³-hybridized carbons (Fsp3) is 0.500. The van der Waals surface area contributed by atoms with Crippen LogP contribution in [0.4, 0.5) is 0 Å². The van der Waals surface area contributed by atoms with Crippen molar-refractivity contribution in [2.75, 3.05) is 33.9 Å². The molecule has 2 heterocycles. The summed E-state index contributed by atoms with van der Waals surface area (Å²) in [6.07, 6.45) is 1.78. The summed E-state index contributed by atoms with van der Waals surface area (Å²) in [5, 5.41) is 3.11. The Morgan fingerprint density at radius 3 is 2.68 bits per heavy atom. The first-order chi connectivity index (χ1) is 13.7. The number of thiazole rings is 1. The average Bonchev–Trinajstić information content (AvgIpc) is 3.22. The van der Waals surface area contributed by atoms with Crippen LogP contribution in [0, 0.1) is 0 Å². The number of likely N-dealkylation sites (tertiary alicyclic amines) is 1. The molecule has 1 saturated heterocycles. The maximum atomic E-state index is 12.9. The van der Waals surface area contributed by atoms with E-state index in [0.717, 1.165) is 23.5 Å². The number of ether oxygens (including phenoxy) is 2. The highest BCUT2D eigenvalue weighted by Gasteiger charge is 2.27. The molecule has 1 aromatic heterocycles. The van der Waals surface area contributed by atoms with Gasteiger partial charge < -0.3 is 14.4 Å². The summed E-state index contributed by atoms with van der Waals surface area (Å²) >= 11 is 1.65. The van der Waals surface area contributed by atoms with Crippen LogP contribution in [0.1, 0.15) is 46.7 Å². The lowest BCUT2D eigenvalue weighted by atomic mass is 9.97. The Morgan fingerprint density at radius 1 is 1.21 bits per heavy atom. The van der Waals surface area contributed by atoms with Gasteiger partial charge in [-0.25, -0.2) is 14.8 Å². The zero-order valence-corrected chi connectivity index (χ0v) is 17.3. The molecular formula is C20H26N2O5S. The van der Waals surface area contributed by atoms with E-state index >= 15 is 0 Å². The summed E-state index contributed by atoms with van der Waals surface area (Å²) in [5.41, 5.74) is 1.45. The summed E-state index contributed by atoms with van der Waals surface area (Å²) in [5.74, 6) is 1.56. The molecule has 1 amide bonds. The quantitative estimate of drug-likeness (QED) is 0.379. The second-order valence-corrected chi connectivity index (χ2v) is 7.37. The second-order valence-electron chi connectivity index (χ2n) is 6.48. The van der Waals surface area contributed by atoms with Gasteiger partial charge in [0.2, 0.25) is 0 Å². The van der Waals surface area contributed by atoms with E-state index in [1.165, 1.54) is 0 Å². The largest absolute Gasteiger partial charge is 0.497 e. The molecule has 1 aliphatic heterocycles. The van der Waals surface area contributed by atoms with Gasteiger partial charge in [0.25, 0.3) is 5.91 Å². The molecule has 0 radical (unpaired) electrons. The second kappa shape index (κ2) is 9.86. The lowest BCUT2D eigenvalue weighted by molar-refractivity contribution is -0.301. The van der Waals surface area contributed by atoms with Crippen molar-refractivity contribution in [3.05, 3.63) is 39.8 Å². The molecule has 1 aliphatic rings. The number of carbonyl (C=O) groups excluding carboxylic acids is 1. The normalized spacial score (nSPS) is 14.9. The van der Waals surface area contributed by atoms with Gasteiger partial charge >= 0.3 is 0 Å². The van der Waals surface area contributed by atoms with Gasteiger partial charge in [-0.2, -0.15) is 0 Å². The Labute approximate surface area is 169 Å². The smallest absolute Gasteiger partial charge is 0.257 e. The van der Waals surface area contributed by atoms with Gasteiger partial charge in [0.05, 0.1) is 37.1 Å². The molecule has 0 aliphatic carbocycles. The number of methoxy groups -OCH3 is 2. The van der Waals surface area contributed by atoms with Crippen LogP contribution >= 0.6 is 11.3 Å². The van der Waals surface area contributed by atoms with Crippen LogP contribution < -0.4 is 9.47 Å². The number of hydrogen-bond donors (Lipinski definition) is 0. The van der Waals surface area contributed by atoms with E-state index in [4.69, 9.17) is 19.2 Å². The number of nitrogens with zero attached hydrogens (tertiary/aromatic N) is 2. The lowest BCUT2D eigenvalue weighted by Crippen LogP contribution is -2.38. The molecule has 28 heavy (non-hydrogen) atoms. The van der Waals surface area contributed by atoms with E-state index in [-0.39, 0.29) is 5.91 Å². The molecule has 7 nitrogen and oxygen atoms in total. The number of benzene rings is 1. The van der Waals surface area contributed by atoms with Gasteiger partial charge in [-0.3, -0.25) is 4.79 Å². The van der Waals surface area contributed by atoms with Gasteiger partial charge in [0.1, 0.15) is 18.1 Å². The molecule has 2 aromatic rings. The van der Waals surface area contributed by atoms with Crippen molar-refractivity contribution in [2.45, 2.75) is 32.3 Å². The molecule has 0 spiro atoms. The van der Waals surface area contributed by atoms with Crippen molar-refractivity contribution in [2.24, 2.45) is 0 Å². The Balaban J connectivity index is 1.59. The minimum Gasteiger partial charge on any atom is -0.497 e. The van der Waals surface area contributed by atoms with Crippen LogP contribution in [0.25, 0.3) is 0 Å². The highest BCUT2D eigenvalue weighted by atomic mass is 32.1.